The number of halogens is 2. The number of rotatable bonds is 2. The number of nitrogens with one attached hydrogen (secondary N) is 1. The first kappa shape index (κ1) is 12.9. The van der Waals surface area contributed by atoms with Crippen molar-refractivity contribution in [3.05, 3.63) is 29.8 Å². The molecular formula is C15H20F2N2. The van der Waals surface area contributed by atoms with E-state index in [4.69, 9.17) is 0 Å². The number of nitrogens with zero attached hydrogens (tertiary/aromatic N) is 1. The number of piperidine rings is 2. The minimum atomic E-state index is -0.431. The maximum Gasteiger partial charge on any atom is 0.149 e. The van der Waals surface area contributed by atoms with Crippen LogP contribution in [0.4, 0.5) is 14.5 Å². The first-order valence-corrected chi connectivity index (χ1v) is 7.10. The van der Waals surface area contributed by atoms with Crippen LogP contribution in [0.25, 0.3) is 0 Å². The first-order valence-electron chi connectivity index (χ1n) is 7.10. The third-order valence-corrected chi connectivity index (χ3v) is 4.58. The van der Waals surface area contributed by atoms with Gasteiger partial charge in [-0.15, -0.1) is 0 Å². The molecule has 2 aliphatic rings. The second-order valence-electron chi connectivity index (χ2n) is 5.67. The second-order valence-corrected chi connectivity index (χ2v) is 5.67. The van der Waals surface area contributed by atoms with Crippen LogP contribution in [0.3, 0.4) is 0 Å². The van der Waals surface area contributed by atoms with Gasteiger partial charge >= 0.3 is 0 Å². The highest BCUT2D eigenvalue weighted by molar-refractivity contribution is 5.52. The van der Waals surface area contributed by atoms with Gasteiger partial charge in [0.15, 0.2) is 0 Å². The summed E-state index contributed by atoms with van der Waals surface area (Å²) < 4.78 is 28.0. The predicted octanol–water partition coefficient (Wildman–Crippen LogP) is 3.07. The number of benzene rings is 1. The Balaban J connectivity index is 1.96. The van der Waals surface area contributed by atoms with E-state index in [-0.39, 0.29) is 17.8 Å². The molecule has 0 aromatic heterocycles. The summed E-state index contributed by atoms with van der Waals surface area (Å²) in [6.07, 6.45) is 5.17. The van der Waals surface area contributed by atoms with Crippen LogP contribution in [0.2, 0.25) is 0 Å². The summed E-state index contributed by atoms with van der Waals surface area (Å²) in [4.78, 5) is 2.02. The quantitative estimate of drug-likeness (QED) is 0.885. The Morgan fingerprint density at radius 2 is 1.68 bits per heavy atom. The molecule has 2 atom stereocenters. The van der Waals surface area contributed by atoms with Gasteiger partial charge < -0.3 is 10.2 Å². The van der Waals surface area contributed by atoms with Crippen molar-refractivity contribution in [3.8, 4) is 0 Å². The molecule has 104 valence electrons. The molecule has 2 bridgehead atoms. The van der Waals surface area contributed by atoms with Gasteiger partial charge in [-0.05, 0) is 51.3 Å². The van der Waals surface area contributed by atoms with Crippen molar-refractivity contribution in [2.24, 2.45) is 0 Å². The summed E-state index contributed by atoms with van der Waals surface area (Å²) in [6.45, 7) is 0. The van der Waals surface area contributed by atoms with E-state index in [1.165, 1.54) is 24.6 Å². The molecule has 2 fully saturated rings. The summed E-state index contributed by atoms with van der Waals surface area (Å²) in [5, 5.41) is 3.32. The van der Waals surface area contributed by atoms with Crippen LogP contribution < -0.4 is 10.2 Å². The van der Waals surface area contributed by atoms with Crippen molar-refractivity contribution < 1.29 is 8.78 Å². The van der Waals surface area contributed by atoms with Crippen LogP contribution >= 0.6 is 0 Å². The Hall–Kier alpha value is -1.16. The first-order chi connectivity index (χ1) is 9.20. The van der Waals surface area contributed by atoms with Gasteiger partial charge in [0.2, 0.25) is 0 Å². The number of fused-ring (bicyclic) bond motifs is 2. The van der Waals surface area contributed by atoms with Crippen LogP contribution in [0.1, 0.15) is 32.1 Å². The van der Waals surface area contributed by atoms with Crippen LogP contribution in [0.5, 0.6) is 0 Å². The highest BCUT2D eigenvalue weighted by Gasteiger charge is 2.39. The van der Waals surface area contributed by atoms with E-state index in [2.05, 4.69) is 5.32 Å². The largest absolute Gasteiger partial charge is 0.361 e. The zero-order chi connectivity index (χ0) is 13.4. The number of hydrogen-bond acceptors (Lipinski definition) is 2. The van der Waals surface area contributed by atoms with E-state index in [1.54, 1.807) is 0 Å². The lowest BCUT2D eigenvalue weighted by molar-refractivity contribution is 0.248. The van der Waals surface area contributed by atoms with Crippen molar-refractivity contribution in [1.29, 1.82) is 0 Å². The number of para-hydroxylation sites is 1. The zero-order valence-corrected chi connectivity index (χ0v) is 11.2. The summed E-state index contributed by atoms with van der Waals surface area (Å²) >= 11 is 0. The van der Waals surface area contributed by atoms with Gasteiger partial charge in [0.05, 0.1) is 0 Å². The van der Waals surface area contributed by atoms with Gasteiger partial charge in [-0.1, -0.05) is 6.07 Å². The predicted molar refractivity (Wildman–Crippen MR) is 72.3 cm³/mol. The van der Waals surface area contributed by atoms with E-state index >= 15 is 0 Å². The Morgan fingerprint density at radius 3 is 2.21 bits per heavy atom. The van der Waals surface area contributed by atoms with Crippen molar-refractivity contribution in [2.75, 3.05) is 11.9 Å². The standard InChI is InChI=1S/C15H20F2N2/c1-18-10-8-11-4-2-5-12(9-10)19(11)15-13(16)6-3-7-14(15)17/h3,6-7,10-12,18H,2,4-5,8-9H2,1H3. The zero-order valence-electron chi connectivity index (χ0n) is 11.2. The Bertz CT molecular complexity index is 429. The Labute approximate surface area is 112 Å². The van der Waals surface area contributed by atoms with Gasteiger partial charge in [0.25, 0.3) is 0 Å². The molecule has 2 saturated heterocycles. The maximum atomic E-state index is 14.0. The molecule has 1 aromatic rings. The van der Waals surface area contributed by atoms with E-state index < -0.39 is 11.6 Å². The molecule has 0 saturated carbocycles. The highest BCUT2D eigenvalue weighted by atomic mass is 19.1. The second kappa shape index (κ2) is 5.08. The minimum Gasteiger partial charge on any atom is -0.361 e. The average molecular weight is 266 g/mol. The monoisotopic (exact) mass is 266 g/mol. The molecule has 2 heterocycles. The van der Waals surface area contributed by atoms with Gasteiger partial charge in [-0.3, -0.25) is 0 Å². The Morgan fingerprint density at radius 1 is 1.11 bits per heavy atom. The van der Waals surface area contributed by atoms with Crippen molar-refractivity contribution in [1.82, 2.24) is 5.32 Å². The molecule has 2 aliphatic heterocycles. The fourth-order valence-electron chi connectivity index (χ4n) is 3.72. The topological polar surface area (TPSA) is 15.3 Å². The van der Waals surface area contributed by atoms with Crippen molar-refractivity contribution in [2.45, 2.75) is 50.2 Å². The third-order valence-electron chi connectivity index (χ3n) is 4.58. The molecule has 0 aliphatic carbocycles. The summed E-state index contributed by atoms with van der Waals surface area (Å²) in [6, 6.07) is 5.15. The molecular weight excluding hydrogens is 246 g/mol. The molecule has 19 heavy (non-hydrogen) atoms. The van der Waals surface area contributed by atoms with Crippen molar-refractivity contribution in [3.63, 3.8) is 0 Å². The summed E-state index contributed by atoms with van der Waals surface area (Å²) in [5.74, 6) is -0.861. The van der Waals surface area contributed by atoms with Gasteiger partial charge in [-0.2, -0.15) is 0 Å². The van der Waals surface area contributed by atoms with Crippen LogP contribution in [0, 0.1) is 11.6 Å². The minimum absolute atomic E-state index is 0.187. The number of hydrogen-bond donors (Lipinski definition) is 1. The van der Waals surface area contributed by atoms with E-state index in [0.717, 1.165) is 25.7 Å². The van der Waals surface area contributed by atoms with Gasteiger partial charge in [0, 0.05) is 18.1 Å². The lowest BCUT2D eigenvalue weighted by Crippen LogP contribution is -2.56. The summed E-state index contributed by atoms with van der Waals surface area (Å²) in [5.41, 5.74) is 0.187. The SMILES string of the molecule is CNC1CC2CCCC(C1)N2c1c(F)cccc1F. The molecule has 3 rings (SSSR count). The maximum absolute atomic E-state index is 14.0. The van der Waals surface area contributed by atoms with E-state index in [1.807, 2.05) is 11.9 Å². The average Bonchev–Trinajstić information content (AvgIpc) is 2.38. The van der Waals surface area contributed by atoms with Gasteiger partial charge in [0.1, 0.15) is 17.3 Å². The molecule has 4 heteroatoms. The fourth-order valence-corrected chi connectivity index (χ4v) is 3.72. The molecule has 0 amide bonds. The Kier molecular flexibility index (Phi) is 3.44. The highest BCUT2D eigenvalue weighted by Crippen LogP contribution is 2.39. The fraction of sp³-hybridized carbons (Fsp3) is 0.600. The molecule has 0 radical (unpaired) electrons. The number of anilines is 1. The van der Waals surface area contributed by atoms with E-state index in [0.29, 0.717) is 6.04 Å². The molecule has 2 nitrogen and oxygen atoms in total. The smallest absolute Gasteiger partial charge is 0.149 e. The molecule has 2 unspecified atom stereocenters. The third kappa shape index (κ3) is 2.22. The lowest BCUT2D eigenvalue weighted by Gasteiger charge is -2.50. The summed E-state index contributed by atoms with van der Waals surface area (Å²) in [7, 11) is 1.97. The molecule has 1 N–H and O–H groups in total. The van der Waals surface area contributed by atoms with Crippen LogP contribution in [0.15, 0.2) is 18.2 Å². The molecule has 0 spiro atoms. The normalized spacial score (nSPS) is 30.5. The van der Waals surface area contributed by atoms with Crippen LogP contribution in [-0.2, 0) is 0 Å². The van der Waals surface area contributed by atoms with E-state index in [9.17, 15) is 8.78 Å². The molecule has 1 aromatic carbocycles. The lowest BCUT2D eigenvalue weighted by atomic mass is 9.81. The van der Waals surface area contributed by atoms with Crippen molar-refractivity contribution >= 4 is 5.69 Å². The van der Waals surface area contributed by atoms with Crippen LogP contribution in [-0.4, -0.2) is 25.2 Å². The van der Waals surface area contributed by atoms with Gasteiger partial charge in [-0.25, -0.2) is 8.78 Å².